The van der Waals surface area contributed by atoms with Crippen LogP contribution >= 0.6 is 0 Å². The van der Waals surface area contributed by atoms with Crippen LogP contribution in [0.15, 0.2) is 47.7 Å². The molecule has 0 unspecified atom stereocenters. The lowest BCUT2D eigenvalue weighted by Gasteiger charge is -2.17. The van der Waals surface area contributed by atoms with E-state index in [1.807, 2.05) is 31.3 Å². The zero-order valence-corrected chi connectivity index (χ0v) is 16.3. The monoisotopic (exact) mass is 377 g/mol. The number of nitrogens with zero attached hydrogens (tertiary/aromatic N) is 5. The van der Waals surface area contributed by atoms with Crippen LogP contribution in [0.25, 0.3) is 11.1 Å². The second kappa shape index (κ2) is 7.07. The predicted octanol–water partition coefficient (Wildman–Crippen LogP) is 2.12. The molecule has 0 bridgehead atoms. The van der Waals surface area contributed by atoms with Gasteiger partial charge in [-0.2, -0.15) is 5.10 Å². The molecule has 4 heterocycles. The predicted molar refractivity (Wildman–Crippen MR) is 106 cm³/mol. The van der Waals surface area contributed by atoms with Crippen molar-refractivity contribution in [3.63, 3.8) is 0 Å². The molecule has 0 radical (unpaired) electrons. The third-order valence-corrected chi connectivity index (χ3v) is 5.24. The third-order valence-electron chi connectivity index (χ3n) is 5.24. The topological polar surface area (TPSA) is 73.0 Å². The Labute approximate surface area is 163 Å². The zero-order chi connectivity index (χ0) is 19.8. The molecule has 7 heteroatoms. The average molecular weight is 377 g/mol. The molecule has 3 aromatic rings. The van der Waals surface area contributed by atoms with Gasteiger partial charge in [-0.05, 0) is 37.1 Å². The molecule has 1 aliphatic heterocycles. The minimum Gasteiger partial charge on any atom is -0.338 e. The van der Waals surface area contributed by atoms with Crippen molar-refractivity contribution in [3.8, 4) is 11.1 Å². The lowest BCUT2D eigenvalue weighted by atomic mass is 10.00. The van der Waals surface area contributed by atoms with E-state index in [4.69, 9.17) is 4.98 Å². The van der Waals surface area contributed by atoms with Gasteiger partial charge >= 0.3 is 0 Å². The number of carbonyl (C=O) groups is 1. The molecule has 1 fully saturated rings. The molecule has 1 aliphatic rings. The Balaban J connectivity index is 1.55. The number of pyridine rings is 2. The van der Waals surface area contributed by atoms with E-state index in [2.05, 4.69) is 17.2 Å². The summed E-state index contributed by atoms with van der Waals surface area (Å²) in [7, 11) is 3.56. The van der Waals surface area contributed by atoms with Gasteiger partial charge in [0.15, 0.2) is 0 Å². The van der Waals surface area contributed by atoms with Gasteiger partial charge in [0, 0.05) is 68.5 Å². The summed E-state index contributed by atoms with van der Waals surface area (Å²) in [5.74, 6) is 0.157. The van der Waals surface area contributed by atoms with E-state index in [0.717, 1.165) is 28.9 Å². The summed E-state index contributed by atoms with van der Waals surface area (Å²) in [5.41, 5.74) is 4.54. The molecule has 28 heavy (non-hydrogen) atoms. The van der Waals surface area contributed by atoms with Gasteiger partial charge in [-0.1, -0.05) is 0 Å². The van der Waals surface area contributed by atoms with Crippen LogP contribution in [-0.4, -0.2) is 43.2 Å². The van der Waals surface area contributed by atoms with E-state index in [1.54, 1.807) is 24.0 Å². The maximum atomic E-state index is 12.8. The molecule has 0 spiro atoms. The minimum atomic E-state index is -0.122. The second-order valence-corrected chi connectivity index (χ2v) is 7.43. The number of hydrogen-bond donors (Lipinski definition) is 0. The van der Waals surface area contributed by atoms with E-state index in [9.17, 15) is 9.59 Å². The Morgan fingerprint density at radius 3 is 2.68 bits per heavy atom. The molecule has 0 aromatic carbocycles. The molecule has 0 N–H and O–H groups in total. The van der Waals surface area contributed by atoms with Gasteiger partial charge in [0.1, 0.15) is 0 Å². The highest BCUT2D eigenvalue weighted by molar-refractivity contribution is 5.94. The van der Waals surface area contributed by atoms with Gasteiger partial charge in [0.2, 0.25) is 5.56 Å². The summed E-state index contributed by atoms with van der Waals surface area (Å²) >= 11 is 0. The van der Waals surface area contributed by atoms with Crippen LogP contribution in [-0.2, 0) is 14.1 Å². The highest BCUT2D eigenvalue weighted by Gasteiger charge is 2.29. The van der Waals surface area contributed by atoms with Crippen LogP contribution in [0.3, 0.4) is 0 Å². The number of aromatic nitrogens is 4. The van der Waals surface area contributed by atoms with Crippen molar-refractivity contribution in [1.29, 1.82) is 0 Å². The lowest BCUT2D eigenvalue weighted by molar-refractivity contribution is 0.0789. The van der Waals surface area contributed by atoms with Gasteiger partial charge < -0.3 is 9.47 Å². The summed E-state index contributed by atoms with van der Waals surface area (Å²) in [4.78, 5) is 31.0. The lowest BCUT2D eigenvalue weighted by Crippen LogP contribution is -2.30. The molecule has 144 valence electrons. The van der Waals surface area contributed by atoms with E-state index < -0.39 is 0 Å². The number of amides is 1. The van der Waals surface area contributed by atoms with E-state index in [1.165, 1.54) is 10.6 Å². The van der Waals surface area contributed by atoms with Gasteiger partial charge in [-0.3, -0.25) is 19.3 Å². The highest BCUT2D eigenvalue weighted by atomic mass is 16.2. The number of hydrogen-bond acceptors (Lipinski definition) is 4. The summed E-state index contributed by atoms with van der Waals surface area (Å²) in [6.07, 6.45) is 6.31. The maximum absolute atomic E-state index is 12.8. The van der Waals surface area contributed by atoms with Crippen LogP contribution in [0.5, 0.6) is 0 Å². The standard InChI is InChI=1S/C21H23N5O2/c1-14-8-17(18-10-22-25(3)12-18)9-19(23-14)15-6-7-26(13-15)21(28)16-4-5-20(27)24(2)11-16/h4-5,8-12,15H,6-7,13H2,1-3H3/t15-/m0/s1. The average Bonchev–Trinajstić information content (AvgIpc) is 3.32. The Hall–Kier alpha value is -3.22. The first-order chi connectivity index (χ1) is 13.4. The van der Waals surface area contributed by atoms with Gasteiger partial charge in [0.05, 0.1) is 11.8 Å². The molecule has 7 nitrogen and oxygen atoms in total. The molecule has 3 aromatic heterocycles. The van der Waals surface area contributed by atoms with Crippen LogP contribution in [0.2, 0.25) is 0 Å². The fraction of sp³-hybridized carbons (Fsp3) is 0.333. The van der Waals surface area contributed by atoms with E-state index in [-0.39, 0.29) is 17.4 Å². The molecule has 1 atom stereocenters. The van der Waals surface area contributed by atoms with Crippen molar-refractivity contribution in [1.82, 2.24) is 24.2 Å². The summed E-state index contributed by atoms with van der Waals surface area (Å²) in [5, 5.41) is 4.25. The smallest absolute Gasteiger partial charge is 0.255 e. The van der Waals surface area contributed by atoms with Crippen LogP contribution in [0.4, 0.5) is 0 Å². The van der Waals surface area contributed by atoms with Gasteiger partial charge in [-0.25, -0.2) is 0 Å². The first-order valence-electron chi connectivity index (χ1n) is 9.34. The molecule has 0 aliphatic carbocycles. The van der Waals surface area contributed by atoms with Crippen molar-refractivity contribution in [2.75, 3.05) is 13.1 Å². The van der Waals surface area contributed by atoms with Crippen molar-refractivity contribution in [3.05, 3.63) is 70.2 Å². The number of rotatable bonds is 3. The van der Waals surface area contributed by atoms with Crippen molar-refractivity contribution < 1.29 is 4.79 Å². The van der Waals surface area contributed by atoms with Crippen molar-refractivity contribution in [2.24, 2.45) is 14.1 Å². The Morgan fingerprint density at radius 2 is 1.96 bits per heavy atom. The number of likely N-dealkylation sites (tertiary alicyclic amines) is 1. The first-order valence-corrected chi connectivity index (χ1v) is 9.34. The molecule has 4 rings (SSSR count). The zero-order valence-electron chi connectivity index (χ0n) is 16.3. The Bertz CT molecular complexity index is 1100. The van der Waals surface area contributed by atoms with Crippen molar-refractivity contribution >= 4 is 5.91 Å². The number of carbonyl (C=O) groups excluding carboxylic acids is 1. The molecule has 0 saturated carbocycles. The van der Waals surface area contributed by atoms with E-state index in [0.29, 0.717) is 18.7 Å². The normalized spacial score (nSPS) is 16.5. The fourth-order valence-electron chi connectivity index (χ4n) is 3.73. The third kappa shape index (κ3) is 3.47. The summed E-state index contributed by atoms with van der Waals surface area (Å²) < 4.78 is 3.22. The summed E-state index contributed by atoms with van der Waals surface area (Å²) in [6.45, 7) is 3.31. The number of aryl methyl sites for hydroxylation is 3. The largest absolute Gasteiger partial charge is 0.338 e. The maximum Gasteiger partial charge on any atom is 0.255 e. The van der Waals surface area contributed by atoms with Crippen LogP contribution < -0.4 is 5.56 Å². The van der Waals surface area contributed by atoms with Crippen LogP contribution in [0, 0.1) is 6.92 Å². The molecule has 1 amide bonds. The quantitative estimate of drug-likeness (QED) is 0.701. The minimum absolute atomic E-state index is 0.0433. The Morgan fingerprint density at radius 1 is 1.14 bits per heavy atom. The van der Waals surface area contributed by atoms with E-state index >= 15 is 0 Å². The molecular formula is C21H23N5O2. The second-order valence-electron chi connectivity index (χ2n) is 7.43. The molecule has 1 saturated heterocycles. The summed E-state index contributed by atoms with van der Waals surface area (Å²) in [6, 6.07) is 7.20. The fourth-order valence-corrected chi connectivity index (χ4v) is 3.73. The van der Waals surface area contributed by atoms with Crippen LogP contribution in [0.1, 0.15) is 34.1 Å². The van der Waals surface area contributed by atoms with Crippen molar-refractivity contribution in [2.45, 2.75) is 19.3 Å². The van der Waals surface area contributed by atoms with Gasteiger partial charge in [0.25, 0.3) is 5.91 Å². The Kier molecular flexibility index (Phi) is 4.58. The SMILES string of the molecule is Cc1cc(-c2cnn(C)c2)cc([C@H]2CCN(C(=O)c3ccc(=O)n(C)c3)C2)n1. The molecular weight excluding hydrogens is 354 g/mol. The first kappa shape index (κ1) is 18.2. The highest BCUT2D eigenvalue weighted by Crippen LogP contribution is 2.30. The van der Waals surface area contributed by atoms with Gasteiger partial charge in [-0.15, -0.1) is 0 Å².